The maximum Gasteiger partial charge on any atom is 0.289 e. The minimum absolute atomic E-state index is 0.0644. The van der Waals surface area contributed by atoms with Gasteiger partial charge in [0.15, 0.2) is 17.4 Å². The average Bonchev–Trinajstić information content (AvgIpc) is 3.36. The average molecular weight is 474 g/mol. The molecule has 1 atom stereocenters. The highest BCUT2D eigenvalue weighted by Gasteiger charge is 2.33. The van der Waals surface area contributed by atoms with E-state index in [1.807, 2.05) is 0 Å². The minimum Gasteiger partial charge on any atom is -0.459 e. The first kappa shape index (κ1) is 24.0. The van der Waals surface area contributed by atoms with Crippen LogP contribution < -0.4 is 0 Å². The number of carbonyl (C=O) groups is 1. The van der Waals surface area contributed by atoms with Crippen molar-refractivity contribution in [1.82, 2.24) is 9.80 Å². The van der Waals surface area contributed by atoms with E-state index in [-0.39, 0.29) is 30.0 Å². The van der Waals surface area contributed by atoms with Crippen LogP contribution in [0.1, 0.15) is 34.5 Å². The lowest BCUT2D eigenvalue weighted by atomic mass is 9.84. The molecule has 3 aromatic rings. The van der Waals surface area contributed by atoms with Gasteiger partial charge in [0.05, 0.1) is 6.26 Å². The fourth-order valence-corrected chi connectivity index (χ4v) is 4.65. The molecule has 1 aromatic heterocycles. The Morgan fingerprint density at radius 2 is 1.79 bits per heavy atom. The molecular weight excluding hydrogens is 448 g/mol. The molecule has 34 heavy (non-hydrogen) atoms. The Kier molecular flexibility index (Phi) is 7.36. The number of benzene rings is 2. The summed E-state index contributed by atoms with van der Waals surface area (Å²) < 4.78 is 59.9. The van der Waals surface area contributed by atoms with Gasteiger partial charge in [0.2, 0.25) is 0 Å². The summed E-state index contributed by atoms with van der Waals surface area (Å²) in [6.07, 6.45) is 3.12. The molecule has 0 bridgehead atoms. The predicted octanol–water partition coefficient (Wildman–Crippen LogP) is 5.43. The second kappa shape index (κ2) is 10.4. The monoisotopic (exact) mass is 474 g/mol. The Morgan fingerprint density at radius 1 is 1.03 bits per heavy atom. The fourth-order valence-electron chi connectivity index (χ4n) is 4.65. The van der Waals surface area contributed by atoms with Crippen LogP contribution in [0.25, 0.3) is 0 Å². The van der Waals surface area contributed by atoms with E-state index in [4.69, 9.17) is 4.42 Å². The summed E-state index contributed by atoms with van der Waals surface area (Å²) in [5.74, 6) is -3.07. The van der Waals surface area contributed by atoms with E-state index in [1.165, 1.54) is 24.5 Å². The van der Waals surface area contributed by atoms with Crippen LogP contribution in [0.2, 0.25) is 0 Å². The van der Waals surface area contributed by atoms with Crippen LogP contribution in [0.15, 0.2) is 59.2 Å². The van der Waals surface area contributed by atoms with Crippen molar-refractivity contribution in [2.24, 2.45) is 5.92 Å². The molecule has 0 saturated carbocycles. The molecule has 1 aliphatic rings. The first-order valence-electron chi connectivity index (χ1n) is 11.2. The van der Waals surface area contributed by atoms with Crippen LogP contribution in [0.4, 0.5) is 17.6 Å². The van der Waals surface area contributed by atoms with E-state index >= 15 is 0 Å². The normalized spacial score (nSPS) is 15.9. The lowest BCUT2D eigenvalue weighted by Crippen LogP contribution is -2.47. The lowest BCUT2D eigenvalue weighted by molar-refractivity contribution is 0.0554. The molecule has 2 aromatic carbocycles. The number of rotatable bonds is 7. The van der Waals surface area contributed by atoms with Gasteiger partial charge in [-0.25, -0.2) is 17.6 Å². The summed E-state index contributed by atoms with van der Waals surface area (Å²) in [5, 5.41) is 0. The number of nitrogens with zero attached hydrogens (tertiary/aromatic N) is 2. The topological polar surface area (TPSA) is 36.7 Å². The first-order valence-corrected chi connectivity index (χ1v) is 11.2. The third-order valence-corrected chi connectivity index (χ3v) is 6.56. The lowest BCUT2D eigenvalue weighted by Gasteiger charge is -2.40. The van der Waals surface area contributed by atoms with Crippen molar-refractivity contribution in [2.75, 3.05) is 20.1 Å². The number of likely N-dealkylation sites (tertiary alicyclic amines) is 1. The quantitative estimate of drug-likeness (QED) is 0.429. The van der Waals surface area contributed by atoms with Crippen molar-refractivity contribution in [2.45, 2.75) is 31.8 Å². The van der Waals surface area contributed by atoms with Crippen molar-refractivity contribution >= 4 is 5.91 Å². The van der Waals surface area contributed by atoms with Crippen LogP contribution in [0.3, 0.4) is 0 Å². The van der Waals surface area contributed by atoms with E-state index < -0.39 is 23.3 Å². The summed E-state index contributed by atoms with van der Waals surface area (Å²) in [6, 6.07) is 10.3. The molecule has 0 aliphatic carbocycles. The number of piperidine rings is 1. The van der Waals surface area contributed by atoms with Crippen molar-refractivity contribution < 1.29 is 26.8 Å². The highest BCUT2D eigenvalue weighted by atomic mass is 19.2. The third-order valence-electron chi connectivity index (χ3n) is 6.56. The number of carbonyl (C=O) groups excluding carboxylic acids is 1. The predicted molar refractivity (Wildman–Crippen MR) is 119 cm³/mol. The molecule has 1 amide bonds. The van der Waals surface area contributed by atoms with Crippen LogP contribution in [-0.4, -0.2) is 41.9 Å². The molecule has 0 unspecified atom stereocenters. The zero-order valence-corrected chi connectivity index (χ0v) is 18.8. The van der Waals surface area contributed by atoms with Gasteiger partial charge in [-0.15, -0.1) is 0 Å². The first-order chi connectivity index (χ1) is 16.3. The SMILES string of the molecule is CN(C(=O)c1ccco1)[C@@H](Cc1ccc(F)cc1F)C1CCN(Cc2ccc(F)c(F)c2)CC1. The smallest absolute Gasteiger partial charge is 0.289 e. The number of furan rings is 1. The Hall–Kier alpha value is -3.13. The molecule has 2 heterocycles. The van der Waals surface area contributed by atoms with E-state index in [9.17, 15) is 22.4 Å². The number of hydrogen-bond donors (Lipinski definition) is 0. The number of hydrogen-bond acceptors (Lipinski definition) is 3. The van der Waals surface area contributed by atoms with Crippen LogP contribution in [0.5, 0.6) is 0 Å². The van der Waals surface area contributed by atoms with Gasteiger partial charge in [0.25, 0.3) is 5.91 Å². The summed E-state index contributed by atoms with van der Waals surface area (Å²) in [4.78, 5) is 16.7. The summed E-state index contributed by atoms with van der Waals surface area (Å²) in [6.45, 7) is 1.87. The zero-order chi connectivity index (χ0) is 24.2. The molecule has 1 aliphatic heterocycles. The van der Waals surface area contributed by atoms with Crippen LogP contribution >= 0.6 is 0 Å². The Bertz CT molecular complexity index is 1130. The molecule has 0 radical (unpaired) electrons. The van der Waals surface area contributed by atoms with Gasteiger partial charge < -0.3 is 9.32 Å². The molecule has 8 heteroatoms. The number of halogens is 4. The van der Waals surface area contributed by atoms with Crippen molar-refractivity contribution in [1.29, 1.82) is 0 Å². The third kappa shape index (κ3) is 5.50. The van der Waals surface area contributed by atoms with E-state index in [1.54, 1.807) is 30.1 Å². The Balaban J connectivity index is 1.48. The Labute approximate surface area is 195 Å². The molecule has 4 rings (SSSR count). The molecule has 0 spiro atoms. The molecule has 1 fully saturated rings. The maximum absolute atomic E-state index is 14.5. The van der Waals surface area contributed by atoms with Gasteiger partial charge in [0, 0.05) is 25.7 Å². The van der Waals surface area contributed by atoms with Crippen LogP contribution in [0, 0.1) is 29.2 Å². The van der Waals surface area contributed by atoms with Crippen molar-refractivity contribution in [3.8, 4) is 0 Å². The second-order valence-electron chi connectivity index (χ2n) is 8.76. The van der Waals surface area contributed by atoms with Crippen LogP contribution in [-0.2, 0) is 13.0 Å². The van der Waals surface area contributed by atoms with E-state index in [0.29, 0.717) is 30.8 Å². The van der Waals surface area contributed by atoms with E-state index in [0.717, 1.165) is 25.0 Å². The van der Waals surface area contributed by atoms with Crippen molar-refractivity contribution in [3.05, 3.63) is 95.0 Å². The standard InChI is InChI=1S/C26H26F4N2O2/c1-31(26(33)25-3-2-12-34-25)24(14-19-5-6-20(27)15-22(19)29)18-8-10-32(11-9-18)16-17-4-7-21(28)23(30)13-17/h2-7,12-13,15,18,24H,8-11,14,16H2,1H3/t24-/m0/s1. The molecular formula is C26H26F4N2O2. The second-order valence-corrected chi connectivity index (χ2v) is 8.76. The van der Waals surface area contributed by atoms with Gasteiger partial charge in [-0.2, -0.15) is 0 Å². The molecule has 1 saturated heterocycles. The van der Waals surface area contributed by atoms with E-state index in [2.05, 4.69) is 4.90 Å². The van der Waals surface area contributed by atoms with Gasteiger partial charge in [0.1, 0.15) is 11.6 Å². The summed E-state index contributed by atoms with van der Waals surface area (Å²) in [5.41, 5.74) is 1.03. The Morgan fingerprint density at radius 3 is 2.44 bits per heavy atom. The van der Waals surface area contributed by atoms with Crippen molar-refractivity contribution in [3.63, 3.8) is 0 Å². The fraction of sp³-hybridized carbons (Fsp3) is 0.346. The zero-order valence-electron chi connectivity index (χ0n) is 18.8. The number of likely N-dealkylation sites (N-methyl/N-ethyl adjacent to an activating group) is 1. The number of amides is 1. The largest absolute Gasteiger partial charge is 0.459 e. The van der Waals surface area contributed by atoms with Gasteiger partial charge in [-0.05, 0) is 79.7 Å². The summed E-state index contributed by atoms with van der Waals surface area (Å²) in [7, 11) is 1.67. The molecule has 180 valence electrons. The maximum atomic E-state index is 14.5. The highest BCUT2D eigenvalue weighted by Crippen LogP contribution is 2.29. The minimum atomic E-state index is -0.873. The van der Waals surface area contributed by atoms with Gasteiger partial charge in [-0.3, -0.25) is 9.69 Å². The molecule has 0 N–H and O–H groups in total. The summed E-state index contributed by atoms with van der Waals surface area (Å²) >= 11 is 0. The molecule has 4 nitrogen and oxygen atoms in total. The van der Waals surface area contributed by atoms with Gasteiger partial charge in [-0.1, -0.05) is 12.1 Å². The highest BCUT2D eigenvalue weighted by molar-refractivity contribution is 5.91. The van der Waals surface area contributed by atoms with Gasteiger partial charge >= 0.3 is 0 Å².